The van der Waals surface area contributed by atoms with Gasteiger partial charge in [0.1, 0.15) is 5.69 Å². The van der Waals surface area contributed by atoms with Gasteiger partial charge in [-0.1, -0.05) is 96.2 Å². The van der Waals surface area contributed by atoms with Crippen LogP contribution in [0.15, 0.2) is 97.2 Å². The van der Waals surface area contributed by atoms with Crippen molar-refractivity contribution in [3.63, 3.8) is 0 Å². The van der Waals surface area contributed by atoms with Gasteiger partial charge in [-0.3, -0.25) is 9.69 Å². The summed E-state index contributed by atoms with van der Waals surface area (Å²) < 4.78 is 1.70. The zero-order valence-electron chi connectivity index (χ0n) is 17.3. The Hall–Kier alpha value is -4.26. The van der Waals surface area contributed by atoms with E-state index in [1.54, 1.807) is 10.9 Å². The fourth-order valence-corrected chi connectivity index (χ4v) is 4.07. The monoisotopic (exact) mass is 423 g/mol. The molecule has 4 aromatic rings. The highest BCUT2D eigenvalue weighted by atomic mass is 16.2. The van der Waals surface area contributed by atoms with Gasteiger partial charge in [-0.05, 0) is 16.7 Å². The predicted octanol–water partition coefficient (Wildman–Crippen LogP) is 3.32. The summed E-state index contributed by atoms with van der Waals surface area (Å²) in [5.74, 6) is -0.336. The second-order valence-electron chi connectivity index (χ2n) is 7.70. The maximum atomic E-state index is 13.7. The van der Waals surface area contributed by atoms with Gasteiger partial charge in [0.2, 0.25) is 0 Å². The standard InChI is InChI=1S/C25H21N5O2/c31-23-25(20-12-6-2-7-13-20,21-14-8-3-9-15-21)26-24(32)30(23)18-22-17-29(28-27-22)16-19-10-4-1-5-11-19/h1-15,17H,16,18H2,(H,26,32). The van der Waals surface area contributed by atoms with E-state index < -0.39 is 11.6 Å². The van der Waals surface area contributed by atoms with Crippen molar-refractivity contribution in [2.24, 2.45) is 0 Å². The zero-order valence-corrected chi connectivity index (χ0v) is 17.3. The molecule has 2 heterocycles. The molecule has 1 aliphatic heterocycles. The van der Waals surface area contributed by atoms with Crippen molar-refractivity contribution >= 4 is 11.9 Å². The lowest BCUT2D eigenvalue weighted by atomic mass is 9.82. The lowest BCUT2D eigenvalue weighted by Gasteiger charge is -2.27. The maximum absolute atomic E-state index is 13.7. The summed E-state index contributed by atoms with van der Waals surface area (Å²) in [5, 5.41) is 11.3. The third-order valence-corrected chi connectivity index (χ3v) is 5.61. The van der Waals surface area contributed by atoms with Crippen LogP contribution in [-0.4, -0.2) is 31.8 Å². The molecule has 0 aliphatic carbocycles. The van der Waals surface area contributed by atoms with Gasteiger partial charge in [0.15, 0.2) is 5.54 Å². The first-order valence-corrected chi connectivity index (χ1v) is 10.3. The number of urea groups is 1. The minimum absolute atomic E-state index is 0.0425. The molecule has 158 valence electrons. The Morgan fingerprint density at radius 1 is 0.750 bits per heavy atom. The van der Waals surface area contributed by atoms with Gasteiger partial charge in [-0.2, -0.15) is 0 Å². The van der Waals surface area contributed by atoms with Crippen LogP contribution in [0.4, 0.5) is 4.79 Å². The second-order valence-corrected chi connectivity index (χ2v) is 7.70. The Morgan fingerprint density at radius 2 is 1.31 bits per heavy atom. The van der Waals surface area contributed by atoms with Crippen molar-refractivity contribution in [1.29, 1.82) is 0 Å². The maximum Gasteiger partial charge on any atom is 0.325 e. The van der Waals surface area contributed by atoms with Gasteiger partial charge >= 0.3 is 6.03 Å². The number of nitrogens with one attached hydrogen (secondary N) is 1. The molecule has 3 aromatic carbocycles. The zero-order chi connectivity index (χ0) is 22.0. The molecule has 32 heavy (non-hydrogen) atoms. The first-order chi connectivity index (χ1) is 15.7. The van der Waals surface area contributed by atoms with Crippen LogP contribution in [0.2, 0.25) is 0 Å². The van der Waals surface area contributed by atoms with Gasteiger partial charge in [-0.15, -0.1) is 5.10 Å². The van der Waals surface area contributed by atoms with E-state index in [-0.39, 0.29) is 12.5 Å². The number of rotatable bonds is 6. The number of hydrogen-bond acceptors (Lipinski definition) is 4. The van der Waals surface area contributed by atoms with Crippen molar-refractivity contribution in [1.82, 2.24) is 25.2 Å². The predicted molar refractivity (Wildman–Crippen MR) is 118 cm³/mol. The van der Waals surface area contributed by atoms with Crippen LogP contribution in [0, 0.1) is 0 Å². The second kappa shape index (κ2) is 8.11. The SMILES string of the molecule is O=C1NC(c2ccccc2)(c2ccccc2)C(=O)N1Cc1cn(Cc2ccccc2)nn1. The van der Waals surface area contributed by atoms with Crippen molar-refractivity contribution in [3.8, 4) is 0 Å². The molecule has 1 N–H and O–H groups in total. The van der Waals surface area contributed by atoms with Crippen molar-refractivity contribution in [2.45, 2.75) is 18.6 Å². The van der Waals surface area contributed by atoms with Gasteiger partial charge in [0, 0.05) is 0 Å². The van der Waals surface area contributed by atoms with Gasteiger partial charge in [-0.25, -0.2) is 9.48 Å². The van der Waals surface area contributed by atoms with E-state index in [4.69, 9.17) is 0 Å². The van der Waals surface area contributed by atoms with Crippen LogP contribution < -0.4 is 5.32 Å². The van der Waals surface area contributed by atoms with Gasteiger partial charge in [0.25, 0.3) is 5.91 Å². The van der Waals surface area contributed by atoms with Crippen LogP contribution in [0.25, 0.3) is 0 Å². The molecule has 0 bridgehead atoms. The molecule has 7 nitrogen and oxygen atoms in total. The minimum Gasteiger partial charge on any atom is -0.315 e. The lowest BCUT2D eigenvalue weighted by molar-refractivity contribution is -0.130. The highest BCUT2D eigenvalue weighted by Gasteiger charge is 2.53. The Bertz CT molecular complexity index is 1200. The Labute approximate surface area is 185 Å². The summed E-state index contributed by atoms with van der Waals surface area (Å²) in [6.45, 7) is 0.604. The van der Waals surface area contributed by atoms with E-state index >= 15 is 0 Å². The third kappa shape index (κ3) is 3.43. The van der Waals surface area contributed by atoms with Crippen LogP contribution in [0.3, 0.4) is 0 Å². The van der Waals surface area contributed by atoms with E-state index in [9.17, 15) is 9.59 Å². The normalized spacial score (nSPS) is 15.1. The third-order valence-electron chi connectivity index (χ3n) is 5.61. The summed E-state index contributed by atoms with van der Waals surface area (Å²) in [5.41, 5.74) is 1.77. The number of nitrogens with zero attached hydrogens (tertiary/aromatic N) is 4. The van der Waals surface area contributed by atoms with Crippen LogP contribution in [0.5, 0.6) is 0 Å². The van der Waals surface area contributed by atoms with Crippen LogP contribution in [-0.2, 0) is 23.4 Å². The molecule has 1 aliphatic rings. The van der Waals surface area contributed by atoms with Crippen molar-refractivity contribution in [2.75, 3.05) is 0 Å². The lowest BCUT2D eigenvalue weighted by Crippen LogP contribution is -2.45. The molecule has 3 amide bonds. The smallest absolute Gasteiger partial charge is 0.315 e. The molecule has 0 atom stereocenters. The molecule has 1 fully saturated rings. The van der Waals surface area contributed by atoms with Crippen LogP contribution in [0.1, 0.15) is 22.4 Å². The van der Waals surface area contributed by atoms with Gasteiger partial charge in [0.05, 0.1) is 19.3 Å². The fourth-order valence-electron chi connectivity index (χ4n) is 4.07. The summed E-state index contributed by atoms with van der Waals surface area (Å²) >= 11 is 0. The number of benzene rings is 3. The summed E-state index contributed by atoms with van der Waals surface area (Å²) in [7, 11) is 0. The fraction of sp³-hybridized carbons (Fsp3) is 0.120. The number of carbonyl (C=O) groups excluding carboxylic acids is 2. The highest BCUT2D eigenvalue weighted by molar-refractivity contribution is 6.09. The van der Waals surface area contributed by atoms with Crippen molar-refractivity contribution < 1.29 is 9.59 Å². The molecule has 5 rings (SSSR count). The molecule has 0 unspecified atom stereocenters. The van der Waals surface area contributed by atoms with E-state index in [0.29, 0.717) is 23.4 Å². The number of imide groups is 1. The minimum atomic E-state index is -1.28. The molecule has 7 heteroatoms. The molecule has 0 radical (unpaired) electrons. The quantitative estimate of drug-likeness (QED) is 0.483. The first kappa shape index (κ1) is 19.7. The van der Waals surface area contributed by atoms with E-state index in [2.05, 4.69) is 15.6 Å². The molecular weight excluding hydrogens is 402 g/mol. The number of hydrogen-bond donors (Lipinski definition) is 1. The number of aromatic nitrogens is 3. The Morgan fingerprint density at radius 3 is 1.91 bits per heavy atom. The summed E-state index contributed by atoms with van der Waals surface area (Å²) in [4.78, 5) is 27.9. The Kier molecular flexibility index (Phi) is 4.99. The van der Waals surface area contributed by atoms with Gasteiger partial charge < -0.3 is 5.32 Å². The largest absolute Gasteiger partial charge is 0.325 e. The first-order valence-electron chi connectivity index (χ1n) is 10.3. The number of carbonyl (C=O) groups is 2. The highest BCUT2D eigenvalue weighted by Crippen LogP contribution is 2.36. The number of amides is 3. The average molecular weight is 423 g/mol. The topological polar surface area (TPSA) is 80.1 Å². The van der Waals surface area contributed by atoms with E-state index in [1.165, 1.54) is 4.90 Å². The average Bonchev–Trinajstić information content (AvgIpc) is 3.38. The van der Waals surface area contributed by atoms with Crippen LogP contribution >= 0.6 is 0 Å². The summed E-state index contributed by atoms with van der Waals surface area (Å²) in [6, 6.07) is 28.0. The molecule has 1 aromatic heterocycles. The summed E-state index contributed by atoms with van der Waals surface area (Å²) in [6.07, 6.45) is 1.76. The Balaban J connectivity index is 1.44. The molecule has 0 spiro atoms. The molecule has 1 saturated heterocycles. The molecular formula is C25H21N5O2. The van der Waals surface area contributed by atoms with E-state index in [1.807, 2.05) is 91.0 Å². The molecule has 0 saturated carbocycles. The van der Waals surface area contributed by atoms with Crippen molar-refractivity contribution in [3.05, 3.63) is 120 Å². The van der Waals surface area contributed by atoms with E-state index in [0.717, 1.165) is 5.56 Å².